The van der Waals surface area contributed by atoms with E-state index < -0.39 is 23.5 Å². The lowest BCUT2D eigenvalue weighted by Gasteiger charge is -2.24. The topological polar surface area (TPSA) is 75.6 Å². The maximum Gasteiger partial charge on any atom is 0.416 e. The molecule has 1 atom stereocenters. The van der Waals surface area contributed by atoms with Gasteiger partial charge in [-0.15, -0.1) is 20.4 Å². The quantitative estimate of drug-likeness (QED) is 0.181. The highest BCUT2D eigenvalue weighted by Gasteiger charge is 2.31. The van der Waals surface area contributed by atoms with Gasteiger partial charge in [0.2, 0.25) is 0 Å². The van der Waals surface area contributed by atoms with Crippen molar-refractivity contribution in [3.8, 4) is 22.5 Å². The van der Waals surface area contributed by atoms with Crippen LogP contribution in [0.1, 0.15) is 24.0 Å². The van der Waals surface area contributed by atoms with Gasteiger partial charge in [0.15, 0.2) is 11.0 Å². The summed E-state index contributed by atoms with van der Waals surface area (Å²) in [6, 6.07) is 25.1. The minimum absolute atomic E-state index is 0.265. The standard InChI is InChI=1S/C20H19F3N4.C15H8ClF3N2/c21-20(22,23)14-9-7-13(8-10-14)18-16-5-1-2-6-17(16)19(27-26-18)25-15-4-3-11-24-12-15;16-14-12-4-2-1-3-11(12)13(20-21-14)9-5-7-10(8-6-9)15(17,18)19/h1-2,5-10,15,24H,3-4,11-12H2,(H,25,27);1-8H. The first-order chi connectivity index (χ1) is 23.0. The summed E-state index contributed by atoms with van der Waals surface area (Å²) in [5, 5.41) is 26.8. The molecule has 246 valence electrons. The smallest absolute Gasteiger partial charge is 0.364 e. The summed E-state index contributed by atoms with van der Waals surface area (Å²) >= 11 is 5.98. The number of alkyl halides is 6. The van der Waals surface area contributed by atoms with Gasteiger partial charge in [-0.25, -0.2) is 0 Å². The van der Waals surface area contributed by atoms with Gasteiger partial charge in [-0.05, 0) is 43.7 Å². The van der Waals surface area contributed by atoms with Crippen molar-refractivity contribution in [2.45, 2.75) is 31.2 Å². The molecule has 6 aromatic rings. The molecule has 4 aromatic carbocycles. The number of fused-ring (bicyclic) bond motifs is 2. The first-order valence-corrected chi connectivity index (χ1v) is 15.4. The molecule has 13 heteroatoms. The predicted octanol–water partition coefficient (Wildman–Crippen LogP) is 9.45. The molecule has 0 bridgehead atoms. The summed E-state index contributed by atoms with van der Waals surface area (Å²) in [5.41, 5.74) is 0.875. The molecule has 0 amide bonds. The first-order valence-electron chi connectivity index (χ1n) is 15.0. The highest BCUT2D eigenvalue weighted by atomic mass is 35.5. The number of anilines is 1. The molecule has 6 nitrogen and oxygen atoms in total. The second-order valence-corrected chi connectivity index (χ2v) is 11.5. The van der Waals surface area contributed by atoms with Gasteiger partial charge in [-0.3, -0.25) is 0 Å². The molecule has 0 radical (unpaired) electrons. The van der Waals surface area contributed by atoms with Gasteiger partial charge in [0, 0.05) is 45.3 Å². The number of rotatable bonds is 4. The average molecular weight is 681 g/mol. The summed E-state index contributed by atoms with van der Waals surface area (Å²) < 4.78 is 76.2. The molecule has 1 aliphatic rings. The summed E-state index contributed by atoms with van der Waals surface area (Å²) in [5.74, 6) is 0.704. The largest absolute Gasteiger partial charge is 0.416 e. The summed E-state index contributed by atoms with van der Waals surface area (Å²) in [6.45, 7) is 1.90. The summed E-state index contributed by atoms with van der Waals surface area (Å²) in [4.78, 5) is 0. The maximum absolute atomic E-state index is 12.8. The fourth-order valence-electron chi connectivity index (χ4n) is 5.51. The van der Waals surface area contributed by atoms with Crippen LogP contribution in [0.5, 0.6) is 0 Å². The number of hydrogen-bond donors (Lipinski definition) is 2. The van der Waals surface area contributed by atoms with Crippen LogP contribution >= 0.6 is 11.6 Å². The Labute approximate surface area is 276 Å². The van der Waals surface area contributed by atoms with E-state index in [0.29, 0.717) is 33.7 Å². The fraction of sp³-hybridized carbons (Fsp3) is 0.200. The lowest BCUT2D eigenvalue weighted by Crippen LogP contribution is -2.38. The van der Waals surface area contributed by atoms with E-state index in [9.17, 15) is 26.3 Å². The zero-order valence-electron chi connectivity index (χ0n) is 25.1. The van der Waals surface area contributed by atoms with E-state index >= 15 is 0 Å². The summed E-state index contributed by atoms with van der Waals surface area (Å²) in [6.07, 6.45) is -6.54. The molecular formula is C35H27ClF6N6. The molecule has 3 heterocycles. The SMILES string of the molecule is FC(F)(F)c1ccc(-c2nnc(Cl)c3ccccc23)cc1.FC(F)(F)c1ccc(-c2nnc(NC3CCCNC3)c3ccccc23)cc1. The molecule has 2 aromatic heterocycles. The predicted molar refractivity (Wildman–Crippen MR) is 174 cm³/mol. The second kappa shape index (κ2) is 13.7. The van der Waals surface area contributed by atoms with E-state index in [-0.39, 0.29) is 11.2 Å². The summed E-state index contributed by atoms with van der Waals surface area (Å²) in [7, 11) is 0. The van der Waals surface area contributed by atoms with Crippen LogP contribution in [0.4, 0.5) is 32.2 Å². The highest BCUT2D eigenvalue weighted by Crippen LogP contribution is 2.35. The Balaban J connectivity index is 0.000000173. The maximum atomic E-state index is 12.8. The number of benzene rings is 4. The van der Waals surface area contributed by atoms with Crippen LogP contribution in [-0.2, 0) is 12.4 Å². The third kappa shape index (κ3) is 7.34. The Morgan fingerprint density at radius 2 is 1.08 bits per heavy atom. The van der Waals surface area contributed by atoms with Crippen molar-refractivity contribution >= 4 is 39.0 Å². The number of hydrogen-bond acceptors (Lipinski definition) is 6. The Morgan fingerprint density at radius 3 is 1.58 bits per heavy atom. The molecular weight excluding hydrogens is 654 g/mol. The average Bonchev–Trinajstić information content (AvgIpc) is 3.09. The van der Waals surface area contributed by atoms with Crippen molar-refractivity contribution in [1.29, 1.82) is 0 Å². The van der Waals surface area contributed by atoms with Gasteiger partial charge in [0.1, 0.15) is 11.4 Å². The zero-order valence-corrected chi connectivity index (χ0v) is 25.8. The van der Waals surface area contributed by atoms with E-state index in [2.05, 4.69) is 31.0 Å². The lowest BCUT2D eigenvalue weighted by molar-refractivity contribution is -0.138. The van der Waals surface area contributed by atoms with Crippen LogP contribution in [0, 0.1) is 0 Å². The van der Waals surface area contributed by atoms with Crippen molar-refractivity contribution in [2.75, 3.05) is 18.4 Å². The van der Waals surface area contributed by atoms with Gasteiger partial charge < -0.3 is 10.6 Å². The number of piperidine rings is 1. The molecule has 1 aliphatic heterocycles. The van der Waals surface area contributed by atoms with Gasteiger partial charge in [0.25, 0.3) is 0 Å². The molecule has 0 saturated carbocycles. The van der Waals surface area contributed by atoms with Crippen molar-refractivity contribution in [1.82, 2.24) is 25.7 Å². The van der Waals surface area contributed by atoms with Crippen LogP contribution in [0.3, 0.4) is 0 Å². The molecule has 2 N–H and O–H groups in total. The van der Waals surface area contributed by atoms with Gasteiger partial charge in [-0.2, -0.15) is 26.3 Å². The Hall–Kier alpha value is -4.81. The number of nitrogens with one attached hydrogen (secondary N) is 2. The van der Waals surface area contributed by atoms with Crippen LogP contribution in [0.15, 0.2) is 97.1 Å². The van der Waals surface area contributed by atoms with E-state index in [1.165, 1.54) is 24.3 Å². The molecule has 0 aliphatic carbocycles. The van der Waals surface area contributed by atoms with Crippen molar-refractivity contribution < 1.29 is 26.3 Å². The Morgan fingerprint density at radius 1 is 0.604 bits per heavy atom. The zero-order chi connectivity index (χ0) is 33.9. The lowest BCUT2D eigenvalue weighted by atomic mass is 10.0. The molecule has 0 spiro atoms. The third-order valence-electron chi connectivity index (χ3n) is 7.94. The van der Waals surface area contributed by atoms with Gasteiger partial charge >= 0.3 is 12.4 Å². The van der Waals surface area contributed by atoms with Gasteiger partial charge in [0.05, 0.1) is 11.1 Å². The van der Waals surface area contributed by atoms with Gasteiger partial charge in [-0.1, -0.05) is 84.4 Å². The molecule has 48 heavy (non-hydrogen) atoms. The third-order valence-corrected chi connectivity index (χ3v) is 8.22. The fourth-order valence-corrected chi connectivity index (χ4v) is 5.71. The Kier molecular flexibility index (Phi) is 9.47. The minimum atomic E-state index is -4.35. The molecule has 1 fully saturated rings. The first kappa shape index (κ1) is 33.1. The van der Waals surface area contributed by atoms with E-state index in [0.717, 1.165) is 66.4 Å². The normalized spacial score (nSPS) is 15.2. The number of halogens is 7. The molecule has 1 unspecified atom stereocenters. The minimum Gasteiger partial charge on any atom is -0.364 e. The number of aromatic nitrogens is 4. The van der Waals surface area contributed by atoms with Crippen LogP contribution < -0.4 is 10.6 Å². The van der Waals surface area contributed by atoms with Crippen LogP contribution in [-0.4, -0.2) is 39.5 Å². The van der Waals surface area contributed by atoms with Crippen LogP contribution in [0.2, 0.25) is 5.15 Å². The van der Waals surface area contributed by atoms with E-state index in [4.69, 9.17) is 11.6 Å². The van der Waals surface area contributed by atoms with E-state index in [1.54, 1.807) is 6.07 Å². The van der Waals surface area contributed by atoms with E-state index in [1.807, 2.05) is 42.5 Å². The Bertz CT molecular complexity index is 2030. The highest BCUT2D eigenvalue weighted by molar-refractivity contribution is 6.34. The van der Waals surface area contributed by atoms with Crippen LogP contribution in [0.25, 0.3) is 44.1 Å². The number of nitrogens with zero attached hydrogens (tertiary/aromatic N) is 4. The second-order valence-electron chi connectivity index (χ2n) is 11.2. The molecule has 1 saturated heterocycles. The molecule has 7 rings (SSSR count). The van der Waals surface area contributed by atoms with Crippen molar-refractivity contribution in [3.05, 3.63) is 113 Å². The van der Waals surface area contributed by atoms with Crippen molar-refractivity contribution in [2.24, 2.45) is 0 Å². The van der Waals surface area contributed by atoms with Crippen molar-refractivity contribution in [3.63, 3.8) is 0 Å². The monoisotopic (exact) mass is 680 g/mol.